The molecule has 0 atom stereocenters. The van der Waals surface area contributed by atoms with Gasteiger partial charge in [-0.15, -0.1) is 4.40 Å². The Hall–Kier alpha value is -4.44. The van der Waals surface area contributed by atoms with Gasteiger partial charge in [-0.2, -0.15) is 0 Å². The molecule has 0 aliphatic rings. The Balaban J connectivity index is 1.85. The summed E-state index contributed by atoms with van der Waals surface area (Å²) in [5.74, 6) is 1.67. The van der Waals surface area contributed by atoms with E-state index >= 15 is 0 Å². The molecule has 34 heavy (non-hydrogen) atoms. The molecule has 6 aromatic rings. The van der Waals surface area contributed by atoms with Gasteiger partial charge >= 0.3 is 0 Å². The van der Waals surface area contributed by atoms with Crippen molar-refractivity contribution in [1.29, 1.82) is 0 Å². The lowest BCUT2D eigenvalue weighted by Crippen LogP contribution is -2.28. The Labute approximate surface area is 197 Å². The fourth-order valence-corrected chi connectivity index (χ4v) is 4.75. The molecular weight excluding hydrogens is 420 g/mol. The van der Waals surface area contributed by atoms with Crippen LogP contribution in [0.25, 0.3) is 49.7 Å². The monoisotopic (exact) mass is 443 g/mol. The van der Waals surface area contributed by atoms with Crippen LogP contribution >= 0.6 is 0 Å². The van der Waals surface area contributed by atoms with E-state index in [1.807, 2.05) is 36.5 Å². The molecule has 164 valence electrons. The Bertz CT molecular complexity index is 1650. The Kier molecular flexibility index (Phi) is 4.84. The third-order valence-electron chi connectivity index (χ3n) is 6.36. The molecule has 2 heterocycles. The van der Waals surface area contributed by atoms with Crippen molar-refractivity contribution in [3.8, 4) is 33.9 Å². The van der Waals surface area contributed by atoms with E-state index in [2.05, 4.69) is 71.1 Å². The molecule has 0 bridgehead atoms. The van der Waals surface area contributed by atoms with Crippen LogP contribution in [0.5, 0.6) is 11.5 Å². The molecule has 0 N–H and O–H groups in total. The quantitative estimate of drug-likeness (QED) is 0.231. The highest BCUT2D eigenvalue weighted by Crippen LogP contribution is 2.38. The summed E-state index contributed by atoms with van der Waals surface area (Å²) in [6, 6.07) is 33.4. The Morgan fingerprint density at radius 1 is 0.588 bits per heavy atom. The molecule has 0 saturated heterocycles. The van der Waals surface area contributed by atoms with Gasteiger partial charge in [0.2, 0.25) is 16.7 Å². The second-order valence-corrected chi connectivity index (χ2v) is 8.19. The fourth-order valence-electron chi connectivity index (χ4n) is 4.75. The van der Waals surface area contributed by atoms with Crippen molar-refractivity contribution in [2.75, 3.05) is 14.2 Å². The zero-order valence-corrected chi connectivity index (χ0v) is 19.0. The van der Waals surface area contributed by atoms with Crippen LogP contribution < -0.4 is 13.9 Å². The van der Waals surface area contributed by atoms with E-state index in [1.54, 1.807) is 14.2 Å². The highest BCUT2D eigenvalue weighted by atomic mass is 16.5. The Morgan fingerprint density at radius 3 is 1.85 bits per heavy atom. The van der Waals surface area contributed by atoms with Crippen LogP contribution in [0.15, 0.2) is 103 Å². The lowest BCUT2D eigenvalue weighted by Gasteiger charge is -2.14. The zero-order chi connectivity index (χ0) is 23.1. The fraction of sp³-hybridized carbons (Fsp3) is 0.0667. The summed E-state index contributed by atoms with van der Waals surface area (Å²) < 4.78 is 13.2. The molecule has 2 aromatic heterocycles. The highest BCUT2D eigenvalue weighted by Gasteiger charge is 2.27. The van der Waals surface area contributed by atoms with E-state index in [1.165, 1.54) is 5.39 Å². The van der Waals surface area contributed by atoms with Crippen LogP contribution in [-0.4, -0.2) is 19.2 Å². The van der Waals surface area contributed by atoms with Crippen molar-refractivity contribution in [2.45, 2.75) is 0 Å². The first-order chi connectivity index (χ1) is 16.8. The van der Waals surface area contributed by atoms with Gasteiger partial charge in [-0.05, 0) is 54.1 Å². The molecule has 6 rings (SSSR count). The van der Waals surface area contributed by atoms with Crippen molar-refractivity contribution in [2.24, 2.45) is 0 Å². The molecule has 4 nitrogen and oxygen atoms in total. The van der Waals surface area contributed by atoms with Crippen LogP contribution in [0, 0.1) is 0 Å². The number of nitrogens with zero attached hydrogens (tertiary/aromatic N) is 2. The van der Waals surface area contributed by atoms with Crippen LogP contribution in [-0.2, 0) is 0 Å². The average Bonchev–Trinajstić information content (AvgIpc) is 2.92. The van der Waals surface area contributed by atoms with Crippen molar-refractivity contribution in [3.05, 3.63) is 103 Å². The smallest absolute Gasteiger partial charge is 0.238 e. The van der Waals surface area contributed by atoms with Crippen molar-refractivity contribution >= 4 is 27.3 Å². The average molecular weight is 444 g/mol. The molecule has 0 spiro atoms. The first kappa shape index (κ1) is 20.2. The SMILES string of the molecule is COc1ccc(-c2c(-c3ccc(OC)cc3)[n+]3c4ccccc4ncc3c3ccccc23)cc1. The summed E-state index contributed by atoms with van der Waals surface area (Å²) in [5, 5.41) is 2.33. The standard InChI is InChI=1S/C30H23N2O2/c1-33-22-15-11-20(12-16-22)29-25-8-4-3-7-24(25)28-19-31-26-9-5-6-10-27(26)32(28)30(29)21-13-17-23(34-2)18-14-21/h3-19H,1-2H3/q+1. The van der Waals surface area contributed by atoms with E-state index in [0.29, 0.717) is 0 Å². The van der Waals surface area contributed by atoms with Crippen molar-refractivity contribution in [1.82, 2.24) is 4.98 Å². The first-order valence-corrected chi connectivity index (χ1v) is 11.2. The number of fused-ring (bicyclic) bond motifs is 5. The van der Waals surface area contributed by atoms with E-state index in [0.717, 1.165) is 55.8 Å². The minimum Gasteiger partial charge on any atom is -0.497 e. The number of para-hydroxylation sites is 2. The van der Waals surface area contributed by atoms with Gasteiger partial charge in [-0.3, -0.25) is 0 Å². The molecular formula is C30H23N2O2+. The number of aromatic nitrogens is 2. The third-order valence-corrected chi connectivity index (χ3v) is 6.36. The van der Waals surface area contributed by atoms with Gasteiger partial charge in [0.05, 0.1) is 25.2 Å². The molecule has 4 aromatic carbocycles. The van der Waals surface area contributed by atoms with Gasteiger partial charge in [0.15, 0.2) is 0 Å². The molecule has 0 saturated carbocycles. The maximum Gasteiger partial charge on any atom is 0.238 e. The lowest BCUT2D eigenvalue weighted by molar-refractivity contribution is -0.467. The van der Waals surface area contributed by atoms with Crippen LogP contribution in [0.3, 0.4) is 0 Å². The number of rotatable bonds is 4. The van der Waals surface area contributed by atoms with E-state index in [4.69, 9.17) is 14.5 Å². The number of ether oxygens (including phenoxy) is 2. The number of pyridine rings is 1. The van der Waals surface area contributed by atoms with E-state index in [-0.39, 0.29) is 0 Å². The molecule has 0 aliphatic carbocycles. The summed E-state index contributed by atoms with van der Waals surface area (Å²) in [6.07, 6.45) is 1.98. The predicted octanol–water partition coefficient (Wildman–Crippen LogP) is 6.48. The highest BCUT2D eigenvalue weighted by molar-refractivity contribution is 6.07. The normalized spacial score (nSPS) is 11.2. The van der Waals surface area contributed by atoms with Gasteiger partial charge in [0, 0.05) is 17.0 Å². The molecule has 0 unspecified atom stereocenters. The maximum absolute atomic E-state index is 5.44. The molecule has 0 aliphatic heterocycles. The third kappa shape index (κ3) is 3.15. The first-order valence-electron chi connectivity index (χ1n) is 11.2. The summed E-state index contributed by atoms with van der Waals surface area (Å²) in [4.78, 5) is 4.79. The van der Waals surface area contributed by atoms with Gasteiger partial charge in [-0.1, -0.05) is 42.5 Å². The van der Waals surface area contributed by atoms with Crippen molar-refractivity contribution in [3.63, 3.8) is 0 Å². The molecule has 0 amide bonds. The number of hydrogen-bond acceptors (Lipinski definition) is 3. The topological polar surface area (TPSA) is 35.5 Å². The largest absolute Gasteiger partial charge is 0.497 e. The maximum atomic E-state index is 5.44. The van der Waals surface area contributed by atoms with Gasteiger partial charge in [-0.25, -0.2) is 4.98 Å². The van der Waals surface area contributed by atoms with Crippen molar-refractivity contribution < 1.29 is 13.9 Å². The summed E-state index contributed by atoms with van der Waals surface area (Å²) >= 11 is 0. The Morgan fingerprint density at radius 2 is 1.18 bits per heavy atom. The molecule has 0 radical (unpaired) electrons. The van der Waals surface area contributed by atoms with Gasteiger partial charge in [0.25, 0.3) is 0 Å². The van der Waals surface area contributed by atoms with Gasteiger partial charge < -0.3 is 9.47 Å². The zero-order valence-electron chi connectivity index (χ0n) is 19.0. The van der Waals surface area contributed by atoms with Gasteiger partial charge in [0.1, 0.15) is 23.2 Å². The second kappa shape index (κ2) is 8.16. The van der Waals surface area contributed by atoms with Crippen LogP contribution in [0.1, 0.15) is 0 Å². The van der Waals surface area contributed by atoms with Crippen LogP contribution in [0.4, 0.5) is 0 Å². The number of methoxy groups -OCH3 is 2. The van der Waals surface area contributed by atoms with Crippen LogP contribution in [0.2, 0.25) is 0 Å². The lowest BCUT2D eigenvalue weighted by atomic mass is 9.92. The van der Waals surface area contributed by atoms with E-state index in [9.17, 15) is 0 Å². The second-order valence-electron chi connectivity index (χ2n) is 8.19. The molecule has 0 fully saturated rings. The minimum absolute atomic E-state index is 0.830. The van der Waals surface area contributed by atoms with E-state index < -0.39 is 0 Å². The summed E-state index contributed by atoms with van der Waals surface area (Å²) in [7, 11) is 3.38. The number of benzene rings is 4. The number of hydrogen-bond donors (Lipinski definition) is 0. The minimum atomic E-state index is 0.830. The predicted molar refractivity (Wildman–Crippen MR) is 136 cm³/mol. The molecule has 4 heteroatoms. The summed E-state index contributed by atoms with van der Waals surface area (Å²) in [5.41, 5.74) is 7.58. The summed E-state index contributed by atoms with van der Waals surface area (Å²) in [6.45, 7) is 0.